The predicted molar refractivity (Wildman–Crippen MR) is 162 cm³/mol. The van der Waals surface area contributed by atoms with Crippen LogP contribution in [0, 0.1) is 13.8 Å². The van der Waals surface area contributed by atoms with E-state index in [2.05, 4.69) is 5.32 Å². The number of carbonyl (C=O) groups excluding carboxylic acids is 2. The van der Waals surface area contributed by atoms with E-state index in [1.54, 1.807) is 54.6 Å². The van der Waals surface area contributed by atoms with Gasteiger partial charge in [0, 0.05) is 20.0 Å². The normalized spacial score (nSPS) is 11.9. The average Bonchev–Trinajstić information content (AvgIpc) is 2.99. The van der Waals surface area contributed by atoms with E-state index >= 15 is 0 Å². The zero-order chi connectivity index (χ0) is 29.4. The van der Waals surface area contributed by atoms with Crippen molar-refractivity contribution in [3.05, 3.63) is 131 Å². The Morgan fingerprint density at radius 3 is 1.98 bits per heavy atom. The number of likely N-dealkylation sites (N-methyl/N-ethyl adjacent to an activating group) is 1. The maximum absolute atomic E-state index is 14.3. The molecule has 4 aromatic rings. The van der Waals surface area contributed by atoms with Gasteiger partial charge in [-0.2, -0.15) is 0 Å². The summed E-state index contributed by atoms with van der Waals surface area (Å²) < 4.78 is 29.0. The number of rotatable bonds is 11. The molecule has 0 saturated heterocycles. The topological polar surface area (TPSA) is 86.8 Å². The summed E-state index contributed by atoms with van der Waals surface area (Å²) in [7, 11) is -2.57. The molecule has 0 unspecified atom stereocenters. The molecule has 7 nitrogen and oxygen atoms in total. The van der Waals surface area contributed by atoms with Crippen molar-refractivity contribution in [3.8, 4) is 0 Å². The van der Waals surface area contributed by atoms with Crippen molar-refractivity contribution < 1.29 is 18.0 Å². The van der Waals surface area contributed by atoms with Crippen LogP contribution in [0.4, 0.5) is 5.69 Å². The summed E-state index contributed by atoms with van der Waals surface area (Å²) in [5.74, 6) is -0.819. The first-order valence-corrected chi connectivity index (χ1v) is 14.9. The van der Waals surface area contributed by atoms with Gasteiger partial charge < -0.3 is 10.2 Å². The number of hydrogen-bond acceptors (Lipinski definition) is 4. The van der Waals surface area contributed by atoms with Crippen LogP contribution in [0.5, 0.6) is 0 Å². The number of nitrogens with one attached hydrogen (secondary N) is 1. The first-order chi connectivity index (χ1) is 19.7. The molecule has 1 N–H and O–H groups in total. The monoisotopic (exact) mass is 569 g/mol. The van der Waals surface area contributed by atoms with Gasteiger partial charge in [-0.25, -0.2) is 8.42 Å². The molecule has 0 aliphatic heterocycles. The second-order valence-electron chi connectivity index (χ2n) is 9.93. The van der Waals surface area contributed by atoms with Crippen molar-refractivity contribution in [1.82, 2.24) is 10.2 Å². The fraction of sp³-hybridized carbons (Fsp3) is 0.212. The first kappa shape index (κ1) is 29.6. The number of aryl methyl sites for hydroxylation is 2. The lowest BCUT2D eigenvalue weighted by atomic mass is 10.0. The van der Waals surface area contributed by atoms with Gasteiger partial charge >= 0.3 is 0 Å². The smallest absolute Gasteiger partial charge is 0.264 e. The molecule has 212 valence electrons. The van der Waals surface area contributed by atoms with Crippen LogP contribution >= 0.6 is 0 Å². The fourth-order valence-corrected chi connectivity index (χ4v) is 6.07. The van der Waals surface area contributed by atoms with E-state index < -0.39 is 28.5 Å². The molecule has 0 heterocycles. The zero-order valence-electron chi connectivity index (χ0n) is 23.5. The predicted octanol–water partition coefficient (Wildman–Crippen LogP) is 4.88. The third-order valence-electron chi connectivity index (χ3n) is 7.05. The molecule has 8 heteroatoms. The molecule has 0 aliphatic rings. The van der Waals surface area contributed by atoms with Crippen molar-refractivity contribution >= 4 is 27.5 Å². The van der Waals surface area contributed by atoms with Gasteiger partial charge in [0.25, 0.3) is 10.0 Å². The van der Waals surface area contributed by atoms with Crippen LogP contribution in [0.25, 0.3) is 0 Å². The molecule has 0 spiro atoms. The Kier molecular flexibility index (Phi) is 9.57. The molecule has 0 fully saturated rings. The summed E-state index contributed by atoms with van der Waals surface area (Å²) in [6, 6.07) is 31.4. The number of sulfonamides is 1. The summed E-state index contributed by atoms with van der Waals surface area (Å²) in [6.07, 6.45) is 0.272. The van der Waals surface area contributed by atoms with Crippen molar-refractivity contribution in [2.75, 3.05) is 17.9 Å². The maximum Gasteiger partial charge on any atom is 0.264 e. The Labute approximate surface area is 242 Å². The quantitative estimate of drug-likeness (QED) is 0.279. The molecule has 0 saturated carbocycles. The molecule has 1 atom stereocenters. The Morgan fingerprint density at radius 2 is 1.37 bits per heavy atom. The van der Waals surface area contributed by atoms with E-state index in [0.29, 0.717) is 5.69 Å². The van der Waals surface area contributed by atoms with Crippen LogP contribution in [0.2, 0.25) is 0 Å². The lowest BCUT2D eigenvalue weighted by Gasteiger charge is -2.34. The fourth-order valence-electron chi connectivity index (χ4n) is 4.65. The number of anilines is 1. The van der Waals surface area contributed by atoms with Crippen LogP contribution in [0.1, 0.15) is 22.3 Å². The summed E-state index contributed by atoms with van der Waals surface area (Å²) >= 11 is 0. The lowest BCUT2D eigenvalue weighted by Crippen LogP contribution is -2.53. The summed E-state index contributed by atoms with van der Waals surface area (Å²) in [6.45, 7) is 3.49. The molecule has 0 radical (unpaired) electrons. The van der Waals surface area contributed by atoms with Crippen LogP contribution in [0.15, 0.2) is 114 Å². The van der Waals surface area contributed by atoms with Crippen LogP contribution in [0.3, 0.4) is 0 Å². The number of para-hydroxylation sites is 1. The summed E-state index contributed by atoms with van der Waals surface area (Å²) in [4.78, 5) is 29.1. The van der Waals surface area contributed by atoms with Gasteiger partial charge in [0.2, 0.25) is 11.8 Å². The molecule has 4 rings (SSSR count). The Bertz CT molecular complexity index is 1570. The van der Waals surface area contributed by atoms with Crippen molar-refractivity contribution in [2.24, 2.45) is 0 Å². The van der Waals surface area contributed by atoms with Crippen LogP contribution in [-0.2, 0) is 32.6 Å². The van der Waals surface area contributed by atoms with Crippen LogP contribution < -0.4 is 9.62 Å². The Morgan fingerprint density at radius 1 is 0.780 bits per heavy atom. The second-order valence-corrected chi connectivity index (χ2v) is 11.8. The van der Waals surface area contributed by atoms with E-state index in [-0.39, 0.29) is 23.8 Å². The highest BCUT2D eigenvalue weighted by Crippen LogP contribution is 2.25. The summed E-state index contributed by atoms with van der Waals surface area (Å²) in [5, 5.41) is 2.70. The molecule has 41 heavy (non-hydrogen) atoms. The Balaban J connectivity index is 1.78. The summed E-state index contributed by atoms with van der Waals surface area (Å²) in [5.41, 5.74) is 4.00. The first-order valence-electron chi connectivity index (χ1n) is 13.4. The number of benzene rings is 4. The Hall–Kier alpha value is -4.43. The number of nitrogens with zero attached hydrogens (tertiary/aromatic N) is 2. The molecule has 0 bridgehead atoms. The minimum absolute atomic E-state index is 0.0809. The molecule has 2 amide bonds. The third-order valence-corrected chi connectivity index (χ3v) is 8.84. The van der Waals surface area contributed by atoms with Gasteiger partial charge in [-0.05, 0) is 54.8 Å². The molecular weight excluding hydrogens is 534 g/mol. The molecular formula is C33H35N3O4S. The minimum atomic E-state index is -4.11. The van der Waals surface area contributed by atoms with Gasteiger partial charge in [0.05, 0.1) is 10.6 Å². The number of hydrogen-bond donors (Lipinski definition) is 1. The van der Waals surface area contributed by atoms with Gasteiger partial charge in [-0.15, -0.1) is 0 Å². The minimum Gasteiger partial charge on any atom is -0.357 e. The van der Waals surface area contributed by atoms with E-state index in [9.17, 15) is 18.0 Å². The van der Waals surface area contributed by atoms with Crippen molar-refractivity contribution in [2.45, 2.75) is 37.8 Å². The van der Waals surface area contributed by atoms with Gasteiger partial charge in [-0.1, -0.05) is 90.5 Å². The van der Waals surface area contributed by atoms with E-state index in [1.165, 1.54) is 11.9 Å². The second kappa shape index (κ2) is 13.3. The lowest BCUT2D eigenvalue weighted by molar-refractivity contribution is -0.139. The highest BCUT2D eigenvalue weighted by molar-refractivity contribution is 7.92. The number of amides is 2. The molecule has 0 aromatic heterocycles. The third kappa shape index (κ3) is 7.21. The SMILES string of the molecule is CNC(=O)[C@H](Cc1ccccc1)N(Cc1ccccc1C)C(=O)CN(c1ccccc1)S(=O)(=O)c1ccc(C)cc1. The van der Waals surface area contributed by atoms with E-state index in [1.807, 2.05) is 68.4 Å². The largest absolute Gasteiger partial charge is 0.357 e. The van der Waals surface area contributed by atoms with E-state index in [0.717, 1.165) is 26.6 Å². The molecule has 4 aromatic carbocycles. The van der Waals surface area contributed by atoms with Crippen molar-refractivity contribution in [1.29, 1.82) is 0 Å². The highest BCUT2D eigenvalue weighted by Gasteiger charge is 2.34. The van der Waals surface area contributed by atoms with Gasteiger partial charge in [0.1, 0.15) is 12.6 Å². The number of carbonyl (C=O) groups is 2. The average molecular weight is 570 g/mol. The van der Waals surface area contributed by atoms with Gasteiger partial charge in [-0.3, -0.25) is 13.9 Å². The van der Waals surface area contributed by atoms with Gasteiger partial charge in [0.15, 0.2) is 0 Å². The van der Waals surface area contributed by atoms with Crippen LogP contribution in [-0.4, -0.2) is 44.8 Å². The molecule has 0 aliphatic carbocycles. The van der Waals surface area contributed by atoms with Crippen molar-refractivity contribution in [3.63, 3.8) is 0 Å². The van der Waals surface area contributed by atoms with E-state index in [4.69, 9.17) is 0 Å². The maximum atomic E-state index is 14.3. The zero-order valence-corrected chi connectivity index (χ0v) is 24.3. The standard InChI is InChI=1S/C33H35N3O4S/c1-25-18-20-30(21-19-25)41(39,40)36(29-16-8-5-9-17-29)24-32(37)35(23-28-15-11-10-12-26(28)2)31(33(38)34-3)22-27-13-6-4-7-14-27/h4-21,31H,22-24H2,1-3H3,(H,34,38)/t31-/m0/s1. The highest BCUT2D eigenvalue weighted by atomic mass is 32.2.